The number of nitrogens with zero attached hydrogens (tertiary/aromatic N) is 1. The minimum Gasteiger partial charge on any atom is -0.390 e. The van der Waals surface area contributed by atoms with Gasteiger partial charge in [-0.05, 0) is 12.1 Å². The molecule has 1 aromatic heterocycles. The number of aromatic nitrogens is 1. The summed E-state index contributed by atoms with van der Waals surface area (Å²) in [6.45, 7) is 0.129. The van der Waals surface area contributed by atoms with Gasteiger partial charge in [0.05, 0.1) is 6.61 Å². The van der Waals surface area contributed by atoms with E-state index >= 15 is 0 Å². The summed E-state index contributed by atoms with van der Waals surface area (Å²) in [6.07, 6.45) is 5.09. The van der Waals surface area contributed by atoms with Gasteiger partial charge in [0.15, 0.2) is 0 Å². The molecule has 52 valence electrons. The number of hydrogen-bond acceptors (Lipinski definition) is 1. The minimum absolute atomic E-state index is 0.129. The summed E-state index contributed by atoms with van der Waals surface area (Å²) in [7, 11) is 0. The van der Waals surface area contributed by atoms with Crippen LogP contribution in [0.3, 0.4) is 0 Å². The van der Waals surface area contributed by atoms with E-state index < -0.39 is 0 Å². The summed E-state index contributed by atoms with van der Waals surface area (Å²) in [5, 5.41) is 8.84. The molecule has 10 heavy (non-hydrogen) atoms. The van der Waals surface area contributed by atoms with Crippen molar-refractivity contribution in [3.8, 4) is 0 Å². The van der Waals surface area contributed by atoms with Crippen LogP contribution >= 0.6 is 0 Å². The summed E-state index contributed by atoms with van der Waals surface area (Å²) in [5.41, 5.74) is 2.24. The van der Waals surface area contributed by atoms with Crippen molar-refractivity contribution < 1.29 is 5.11 Å². The molecule has 0 amide bonds. The smallest absolute Gasteiger partial charge is 0.0836 e. The first kappa shape index (κ1) is 5.74. The normalized spacial score (nSPS) is 14.1. The molecular weight excluding hydrogens is 126 g/mol. The third-order valence-electron chi connectivity index (χ3n) is 1.83. The van der Waals surface area contributed by atoms with E-state index in [1.807, 2.05) is 22.9 Å². The van der Waals surface area contributed by atoms with Crippen molar-refractivity contribution in [2.75, 3.05) is 0 Å². The van der Waals surface area contributed by atoms with Gasteiger partial charge in [-0.25, -0.2) is 0 Å². The van der Waals surface area contributed by atoms with Gasteiger partial charge in [0.1, 0.15) is 0 Å². The Kier molecular flexibility index (Phi) is 1.14. The van der Waals surface area contributed by atoms with Gasteiger partial charge in [0, 0.05) is 24.0 Å². The van der Waals surface area contributed by atoms with E-state index in [4.69, 9.17) is 5.11 Å². The first-order valence-electron chi connectivity index (χ1n) is 3.38. The molecule has 1 aliphatic rings. The van der Waals surface area contributed by atoms with Gasteiger partial charge in [0.25, 0.3) is 0 Å². The number of rotatable bonds is 1. The number of allylic oxidation sites excluding steroid dienone is 1. The first-order valence-corrected chi connectivity index (χ1v) is 3.38. The van der Waals surface area contributed by atoms with Crippen molar-refractivity contribution in [2.45, 2.75) is 13.0 Å². The average Bonchev–Trinajstić information content (AvgIpc) is 2.44. The summed E-state index contributed by atoms with van der Waals surface area (Å²) in [5.74, 6) is 0. The van der Waals surface area contributed by atoms with Crippen molar-refractivity contribution in [1.82, 2.24) is 4.57 Å². The highest BCUT2D eigenvalue weighted by atomic mass is 16.3. The van der Waals surface area contributed by atoms with Crippen molar-refractivity contribution in [2.24, 2.45) is 0 Å². The zero-order chi connectivity index (χ0) is 6.97. The van der Waals surface area contributed by atoms with Crippen molar-refractivity contribution in [3.05, 3.63) is 29.6 Å². The third kappa shape index (κ3) is 0.625. The monoisotopic (exact) mass is 135 g/mol. The van der Waals surface area contributed by atoms with Crippen LogP contribution in [0.1, 0.15) is 11.4 Å². The van der Waals surface area contributed by atoms with Gasteiger partial charge in [-0.15, -0.1) is 0 Å². The van der Waals surface area contributed by atoms with E-state index in [-0.39, 0.29) is 6.61 Å². The molecule has 0 spiro atoms. The quantitative estimate of drug-likeness (QED) is 0.610. The highest BCUT2D eigenvalue weighted by molar-refractivity contribution is 5.40. The molecule has 0 bridgehead atoms. The Morgan fingerprint density at radius 3 is 3.20 bits per heavy atom. The zero-order valence-corrected chi connectivity index (χ0v) is 5.62. The number of fused-ring (bicyclic) bond motifs is 1. The second-order valence-corrected chi connectivity index (χ2v) is 2.43. The van der Waals surface area contributed by atoms with Gasteiger partial charge in [-0.1, -0.05) is 6.08 Å². The molecule has 1 aromatic rings. The SMILES string of the molecule is OCc1ccc2n1C=CC2. The number of aliphatic hydroxyl groups excluding tert-OH is 1. The van der Waals surface area contributed by atoms with E-state index in [0.717, 1.165) is 12.1 Å². The van der Waals surface area contributed by atoms with Crippen LogP contribution in [0.5, 0.6) is 0 Å². The average molecular weight is 135 g/mol. The van der Waals surface area contributed by atoms with E-state index in [9.17, 15) is 0 Å². The van der Waals surface area contributed by atoms with E-state index in [1.165, 1.54) is 5.69 Å². The fraction of sp³-hybridized carbons (Fsp3) is 0.250. The minimum atomic E-state index is 0.129. The largest absolute Gasteiger partial charge is 0.390 e. The maximum absolute atomic E-state index is 8.84. The molecule has 1 N–H and O–H groups in total. The predicted molar refractivity (Wildman–Crippen MR) is 39.4 cm³/mol. The Bertz CT molecular complexity index is 273. The van der Waals surface area contributed by atoms with Crippen LogP contribution < -0.4 is 0 Å². The van der Waals surface area contributed by atoms with Crippen LogP contribution in [-0.4, -0.2) is 9.67 Å². The van der Waals surface area contributed by atoms with Crippen molar-refractivity contribution in [3.63, 3.8) is 0 Å². The van der Waals surface area contributed by atoms with E-state index in [0.29, 0.717) is 0 Å². The van der Waals surface area contributed by atoms with E-state index in [1.54, 1.807) is 0 Å². The molecule has 0 unspecified atom stereocenters. The van der Waals surface area contributed by atoms with Gasteiger partial charge in [-0.3, -0.25) is 0 Å². The lowest BCUT2D eigenvalue weighted by Gasteiger charge is -1.98. The van der Waals surface area contributed by atoms with Crippen LogP contribution in [0.15, 0.2) is 18.2 Å². The highest BCUT2D eigenvalue weighted by Gasteiger charge is 2.06. The molecule has 0 radical (unpaired) electrons. The van der Waals surface area contributed by atoms with Crippen LogP contribution in [0.2, 0.25) is 0 Å². The Balaban J connectivity index is 2.53. The predicted octanol–water partition coefficient (Wildman–Crippen LogP) is 1.01. The Morgan fingerprint density at radius 1 is 1.50 bits per heavy atom. The Hall–Kier alpha value is -1.02. The standard InChI is InChI=1S/C8H9NO/c10-6-8-4-3-7-2-1-5-9(7)8/h1,3-5,10H,2,6H2. The molecule has 0 atom stereocenters. The molecule has 0 aliphatic carbocycles. The topological polar surface area (TPSA) is 25.2 Å². The lowest BCUT2D eigenvalue weighted by atomic mass is 10.3. The maximum Gasteiger partial charge on any atom is 0.0836 e. The zero-order valence-electron chi connectivity index (χ0n) is 5.62. The fourth-order valence-corrected chi connectivity index (χ4v) is 1.30. The maximum atomic E-state index is 8.84. The number of aliphatic hydroxyl groups is 1. The second kappa shape index (κ2) is 1.99. The molecule has 0 saturated heterocycles. The van der Waals surface area contributed by atoms with Gasteiger partial charge in [0.2, 0.25) is 0 Å². The van der Waals surface area contributed by atoms with E-state index in [2.05, 4.69) is 6.08 Å². The summed E-state index contributed by atoms with van der Waals surface area (Å²) < 4.78 is 2.03. The van der Waals surface area contributed by atoms with Crippen LogP contribution in [0.25, 0.3) is 6.20 Å². The van der Waals surface area contributed by atoms with Crippen molar-refractivity contribution in [1.29, 1.82) is 0 Å². The first-order chi connectivity index (χ1) is 4.92. The molecular formula is C8H9NO. The van der Waals surface area contributed by atoms with Gasteiger partial charge < -0.3 is 9.67 Å². The molecule has 0 saturated carbocycles. The Labute approximate surface area is 59.4 Å². The van der Waals surface area contributed by atoms with Gasteiger partial charge in [-0.2, -0.15) is 0 Å². The van der Waals surface area contributed by atoms with Crippen LogP contribution in [-0.2, 0) is 13.0 Å². The molecule has 1 aliphatic heterocycles. The van der Waals surface area contributed by atoms with Gasteiger partial charge >= 0.3 is 0 Å². The van der Waals surface area contributed by atoms with Crippen LogP contribution in [0.4, 0.5) is 0 Å². The molecule has 2 heteroatoms. The molecule has 0 fully saturated rings. The number of hydrogen-bond donors (Lipinski definition) is 1. The second-order valence-electron chi connectivity index (χ2n) is 2.43. The summed E-state index contributed by atoms with van der Waals surface area (Å²) in [6, 6.07) is 4.00. The molecule has 2 heterocycles. The van der Waals surface area contributed by atoms with Crippen molar-refractivity contribution >= 4 is 6.20 Å². The fourth-order valence-electron chi connectivity index (χ4n) is 1.30. The molecule has 2 nitrogen and oxygen atoms in total. The molecule has 0 aromatic carbocycles. The third-order valence-corrected chi connectivity index (χ3v) is 1.83. The Morgan fingerprint density at radius 2 is 2.40 bits per heavy atom. The van der Waals surface area contributed by atoms with Crippen LogP contribution in [0, 0.1) is 0 Å². The lowest BCUT2D eigenvalue weighted by Crippen LogP contribution is -1.93. The lowest BCUT2D eigenvalue weighted by molar-refractivity contribution is 0.275. The highest BCUT2D eigenvalue weighted by Crippen LogP contribution is 2.16. The summed E-state index contributed by atoms with van der Waals surface area (Å²) >= 11 is 0. The molecule has 2 rings (SSSR count). The summed E-state index contributed by atoms with van der Waals surface area (Å²) in [4.78, 5) is 0.